The molecule has 0 radical (unpaired) electrons. The van der Waals surface area contributed by atoms with Crippen LogP contribution in [0.15, 0.2) is 42.6 Å². The van der Waals surface area contributed by atoms with Gasteiger partial charge in [-0.3, -0.25) is 9.78 Å². The third-order valence-corrected chi connectivity index (χ3v) is 4.54. The van der Waals surface area contributed by atoms with Gasteiger partial charge in [-0.25, -0.2) is 0 Å². The highest BCUT2D eigenvalue weighted by molar-refractivity contribution is 5.91. The highest BCUT2D eigenvalue weighted by Gasteiger charge is 2.18. The SMILES string of the molecule is Cc1ccc([C@@H](O)c2ccccn2)cc1NC(=O)CC[C@@H]1CCCO1. The van der Waals surface area contributed by atoms with Gasteiger partial charge in [0, 0.05) is 24.9 Å². The quantitative estimate of drug-likeness (QED) is 0.846. The van der Waals surface area contributed by atoms with Gasteiger partial charge < -0.3 is 15.2 Å². The van der Waals surface area contributed by atoms with Gasteiger partial charge in [0.15, 0.2) is 0 Å². The Balaban J connectivity index is 1.65. The topological polar surface area (TPSA) is 71.5 Å². The molecule has 5 nitrogen and oxygen atoms in total. The predicted octanol–water partition coefficient (Wildman–Crippen LogP) is 3.37. The third kappa shape index (κ3) is 4.65. The van der Waals surface area contributed by atoms with E-state index in [-0.39, 0.29) is 12.0 Å². The molecule has 0 bridgehead atoms. The lowest BCUT2D eigenvalue weighted by Gasteiger charge is -2.15. The molecular formula is C20H24N2O3. The fourth-order valence-corrected chi connectivity index (χ4v) is 3.03. The minimum Gasteiger partial charge on any atom is -0.382 e. The summed E-state index contributed by atoms with van der Waals surface area (Å²) < 4.78 is 5.56. The number of carbonyl (C=O) groups is 1. The number of benzene rings is 1. The number of ether oxygens (including phenoxy) is 1. The minimum atomic E-state index is -0.815. The van der Waals surface area contributed by atoms with E-state index < -0.39 is 6.10 Å². The summed E-state index contributed by atoms with van der Waals surface area (Å²) in [7, 11) is 0. The second kappa shape index (κ2) is 8.23. The van der Waals surface area contributed by atoms with Crippen molar-refractivity contribution in [3.8, 4) is 0 Å². The molecule has 0 saturated carbocycles. The molecule has 0 aliphatic carbocycles. The number of rotatable bonds is 6. The number of aliphatic hydroxyl groups excluding tert-OH is 1. The van der Waals surface area contributed by atoms with Crippen molar-refractivity contribution in [2.45, 2.75) is 44.8 Å². The summed E-state index contributed by atoms with van der Waals surface area (Å²) in [6.07, 6.45) is 4.36. The molecule has 25 heavy (non-hydrogen) atoms. The van der Waals surface area contributed by atoms with Gasteiger partial charge in [0.05, 0.1) is 11.8 Å². The highest BCUT2D eigenvalue weighted by atomic mass is 16.5. The molecule has 2 heterocycles. The van der Waals surface area contributed by atoms with E-state index >= 15 is 0 Å². The first-order valence-corrected chi connectivity index (χ1v) is 8.74. The molecule has 1 aromatic heterocycles. The molecule has 1 aliphatic rings. The Hall–Kier alpha value is -2.24. The molecule has 2 aromatic rings. The fraction of sp³-hybridized carbons (Fsp3) is 0.400. The van der Waals surface area contributed by atoms with E-state index in [1.807, 2.05) is 37.3 Å². The van der Waals surface area contributed by atoms with Crippen LogP contribution >= 0.6 is 0 Å². The molecule has 132 valence electrons. The zero-order valence-electron chi connectivity index (χ0n) is 14.4. The number of hydrogen-bond acceptors (Lipinski definition) is 4. The zero-order valence-corrected chi connectivity index (χ0v) is 14.4. The minimum absolute atomic E-state index is 0.0249. The van der Waals surface area contributed by atoms with Crippen LogP contribution in [0.5, 0.6) is 0 Å². The van der Waals surface area contributed by atoms with Crippen molar-refractivity contribution in [2.75, 3.05) is 11.9 Å². The lowest BCUT2D eigenvalue weighted by Crippen LogP contribution is -2.16. The lowest BCUT2D eigenvalue weighted by molar-refractivity contribution is -0.116. The molecule has 1 aromatic carbocycles. The van der Waals surface area contributed by atoms with E-state index in [4.69, 9.17) is 4.74 Å². The van der Waals surface area contributed by atoms with Crippen LogP contribution in [0.2, 0.25) is 0 Å². The Morgan fingerprint density at radius 1 is 1.40 bits per heavy atom. The van der Waals surface area contributed by atoms with Crippen molar-refractivity contribution >= 4 is 11.6 Å². The van der Waals surface area contributed by atoms with Gasteiger partial charge in [0.25, 0.3) is 0 Å². The Morgan fingerprint density at radius 2 is 2.28 bits per heavy atom. The summed E-state index contributed by atoms with van der Waals surface area (Å²) >= 11 is 0. The molecule has 0 spiro atoms. The van der Waals surface area contributed by atoms with Crippen LogP contribution in [0, 0.1) is 6.92 Å². The number of aryl methyl sites for hydroxylation is 1. The second-order valence-electron chi connectivity index (χ2n) is 6.45. The van der Waals surface area contributed by atoms with Crippen LogP contribution in [-0.2, 0) is 9.53 Å². The van der Waals surface area contributed by atoms with Crippen LogP contribution in [0.4, 0.5) is 5.69 Å². The number of nitrogens with one attached hydrogen (secondary N) is 1. The van der Waals surface area contributed by atoms with Crippen LogP contribution in [-0.4, -0.2) is 28.7 Å². The number of hydrogen-bond donors (Lipinski definition) is 2. The van der Waals surface area contributed by atoms with Crippen LogP contribution < -0.4 is 5.32 Å². The first kappa shape index (κ1) is 17.6. The molecule has 2 atom stereocenters. The summed E-state index contributed by atoms with van der Waals surface area (Å²) in [4.78, 5) is 16.4. The third-order valence-electron chi connectivity index (χ3n) is 4.54. The van der Waals surface area contributed by atoms with Crippen LogP contribution in [0.3, 0.4) is 0 Å². The number of aromatic nitrogens is 1. The summed E-state index contributed by atoms with van der Waals surface area (Å²) in [6.45, 7) is 2.74. The highest BCUT2D eigenvalue weighted by Crippen LogP contribution is 2.25. The number of nitrogens with zero attached hydrogens (tertiary/aromatic N) is 1. The van der Waals surface area contributed by atoms with Gasteiger partial charge in [-0.2, -0.15) is 0 Å². The molecule has 3 rings (SSSR count). The van der Waals surface area contributed by atoms with Crippen molar-refractivity contribution in [2.24, 2.45) is 0 Å². The van der Waals surface area contributed by atoms with Gasteiger partial charge in [0.2, 0.25) is 5.91 Å². The van der Waals surface area contributed by atoms with Gasteiger partial charge in [-0.05, 0) is 55.5 Å². The van der Waals surface area contributed by atoms with E-state index in [9.17, 15) is 9.90 Å². The number of anilines is 1. The summed E-state index contributed by atoms with van der Waals surface area (Å²) in [6, 6.07) is 11.0. The normalized spacial score (nSPS) is 18.1. The van der Waals surface area contributed by atoms with Gasteiger partial charge >= 0.3 is 0 Å². The number of aliphatic hydroxyl groups is 1. The molecule has 2 N–H and O–H groups in total. The van der Waals surface area contributed by atoms with E-state index in [1.165, 1.54) is 0 Å². The van der Waals surface area contributed by atoms with E-state index in [0.29, 0.717) is 17.7 Å². The average Bonchev–Trinajstić information content (AvgIpc) is 3.15. The largest absolute Gasteiger partial charge is 0.382 e. The monoisotopic (exact) mass is 340 g/mol. The lowest BCUT2D eigenvalue weighted by atomic mass is 10.0. The summed E-state index contributed by atoms with van der Waals surface area (Å²) in [5, 5.41) is 13.5. The molecule has 1 aliphatic heterocycles. The molecule has 1 fully saturated rings. The predicted molar refractivity (Wildman–Crippen MR) is 96.3 cm³/mol. The van der Waals surface area contributed by atoms with Crippen LogP contribution in [0.25, 0.3) is 0 Å². The van der Waals surface area contributed by atoms with Crippen molar-refractivity contribution in [3.63, 3.8) is 0 Å². The smallest absolute Gasteiger partial charge is 0.224 e. The van der Waals surface area contributed by atoms with E-state index in [1.54, 1.807) is 12.3 Å². The standard InChI is InChI=1S/C20H24N2O3/c1-14-7-8-15(20(24)17-6-2-3-11-21-17)13-18(14)22-19(23)10-9-16-5-4-12-25-16/h2-3,6-8,11,13,16,20,24H,4-5,9-10,12H2,1H3,(H,22,23)/t16-,20+/m0/s1. The maximum Gasteiger partial charge on any atom is 0.224 e. The first-order chi connectivity index (χ1) is 12.1. The second-order valence-corrected chi connectivity index (χ2v) is 6.45. The van der Waals surface area contributed by atoms with Gasteiger partial charge in [-0.1, -0.05) is 18.2 Å². The Morgan fingerprint density at radius 3 is 3.00 bits per heavy atom. The Bertz CT molecular complexity index is 712. The van der Waals surface area contributed by atoms with Crippen molar-refractivity contribution in [1.29, 1.82) is 0 Å². The fourth-order valence-electron chi connectivity index (χ4n) is 3.03. The summed E-state index contributed by atoms with van der Waals surface area (Å²) in [5.74, 6) is -0.0249. The molecule has 5 heteroatoms. The first-order valence-electron chi connectivity index (χ1n) is 8.74. The molecular weight excluding hydrogens is 316 g/mol. The van der Waals surface area contributed by atoms with E-state index in [0.717, 1.165) is 37.1 Å². The van der Waals surface area contributed by atoms with Crippen molar-refractivity contribution in [3.05, 3.63) is 59.4 Å². The Kier molecular flexibility index (Phi) is 5.79. The van der Waals surface area contributed by atoms with Crippen LogP contribution in [0.1, 0.15) is 48.6 Å². The summed E-state index contributed by atoms with van der Waals surface area (Å²) in [5.41, 5.74) is 2.98. The van der Waals surface area contributed by atoms with Crippen molar-refractivity contribution in [1.82, 2.24) is 4.98 Å². The number of pyridine rings is 1. The van der Waals surface area contributed by atoms with Gasteiger partial charge in [-0.15, -0.1) is 0 Å². The average molecular weight is 340 g/mol. The Labute approximate surface area is 148 Å². The van der Waals surface area contributed by atoms with E-state index in [2.05, 4.69) is 10.3 Å². The molecule has 1 saturated heterocycles. The van der Waals surface area contributed by atoms with Crippen molar-refractivity contribution < 1.29 is 14.6 Å². The molecule has 0 unspecified atom stereocenters. The molecule has 1 amide bonds. The van der Waals surface area contributed by atoms with Gasteiger partial charge in [0.1, 0.15) is 6.10 Å². The maximum absolute atomic E-state index is 12.2. The number of amides is 1. The number of carbonyl (C=O) groups excluding carboxylic acids is 1. The maximum atomic E-state index is 12.2. The zero-order chi connectivity index (χ0) is 17.6.